The number of amides is 1. The normalized spacial score (nSPS) is 10.4. The molecule has 0 saturated carbocycles. The van der Waals surface area contributed by atoms with Crippen LogP contribution in [0.25, 0.3) is 11.1 Å². The summed E-state index contributed by atoms with van der Waals surface area (Å²) in [5.41, 5.74) is 1.11. The Labute approximate surface area is 168 Å². The van der Waals surface area contributed by atoms with Gasteiger partial charge in [0.2, 0.25) is 0 Å². The molecule has 0 spiro atoms. The van der Waals surface area contributed by atoms with Gasteiger partial charge in [-0.1, -0.05) is 18.2 Å². The number of rotatable bonds is 5. The smallest absolute Gasteiger partial charge is 0.341 e. The van der Waals surface area contributed by atoms with Gasteiger partial charge in [-0.05, 0) is 30.7 Å². The lowest BCUT2D eigenvalue weighted by molar-refractivity contribution is -0.384. The van der Waals surface area contributed by atoms with Crippen LogP contribution in [0.3, 0.4) is 0 Å². The molecule has 1 heterocycles. The summed E-state index contributed by atoms with van der Waals surface area (Å²) in [5.74, 6) is -1.69. The number of anilines is 1. The number of nitro groups is 1. The number of hydrogen-bond acceptors (Lipinski definition) is 6. The Kier molecular flexibility index (Phi) is 5.69. The third-order valence-corrected chi connectivity index (χ3v) is 5.17. The second-order valence-corrected chi connectivity index (χ2v) is 7.22. The highest BCUT2D eigenvalue weighted by Crippen LogP contribution is 2.40. The molecule has 1 aromatic heterocycles. The number of thiophene rings is 1. The van der Waals surface area contributed by atoms with Crippen LogP contribution < -0.4 is 5.32 Å². The van der Waals surface area contributed by atoms with E-state index in [0.717, 1.165) is 17.4 Å². The van der Waals surface area contributed by atoms with Gasteiger partial charge in [-0.15, -0.1) is 11.3 Å². The number of ether oxygens (including phenoxy) is 1. The van der Waals surface area contributed by atoms with Gasteiger partial charge in [0.15, 0.2) is 0 Å². The van der Waals surface area contributed by atoms with E-state index in [1.807, 2.05) is 0 Å². The zero-order valence-electron chi connectivity index (χ0n) is 15.4. The molecule has 0 radical (unpaired) electrons. The molecule has 9 heteroatoms. The van der Waals surface area contributed by atoms with Gasteiger partial charge >= 0.3 is 5.97 Å². The Morgan fingerprint density at radius 2 is 1.86 bits per heavy atom. The van der Waals surface area contributed by atoms with Crippen molar-refractivity contribution < 1.29 is 23.6 Å². The molecule has 148 valence electrons. The first-order valence-electron chi connectivity index (χ1n) is 8.35. The number of benzene rings is 2. The summed E-state index contributed by atoms with van der Waals surface area (Å²) >= 11 is 1.16. The average molecular weight is 414 g/mol. The first-order valence-corrected chi connectivity index (χ1v) is 9.17. The molecule has 0 aliphatic rings. The maximum absolute atomic E-state index is 13.3. The fourth-order valence-electron chi connectivity index (χ4n) is 2.83. The molecule has 7 nitrogen and oxygen atoms in total. The molecule has 0 aliphatic heterocycles. The molecule has 2 aromatic carbocycles. The molecule has 0 fully saturated rings. The number of non-ortho nitro benzene ring substituents is 1. The number of hydrogen-bond donors (Lipinski definition) is 1. The second kappa shape index (κ2) is 8.19. The van der Waals surface area contributed by atoms with Crippen LogP contribution >= 0.6 is 11.3 Å². The van der Waals surface area contributed by atoms with E-state index in [1.54, 1.807) is 6.92 Å². The Balaban J connectivity index is 2.03. The predicted octanol–water partition coefficient (Wildman–Crippen LogP) is 4.81. The van der Waals surface area contributed by atoms with Crippen molar-refractivity contribution in [3.8, 4) is 11.1 Å². The van der Waals surface area contributed by atoms with Gasteiger partial charge in [0.1, 0.15) is 16.4 Å². The maximum atomic E-state index is 13.3. The zero-order chi connectivity index (χ0) is 21.1. The largest absolute Gasteiger partial charge is 0.465 e. The number of halogens is 1. The van der Waals surface area contributed by atoms with Crippen LogP contribution in [0.4, 0.5) is 15.1 Å². The minimum atomic E-state index is -0.664. The standard InChI is InChI=1S/C20H15FN2O5S/c1-11-16(12-6-8-14(21)9-7-12)17(20(25)28-2)19(29-11)22-18(24)13-4-3-5-15(10-13)23(26)27/h3-10H,1-2H3,(H,22,24). The van der Waals surface area contributed by atoms with Crippen molar-refractivity contribution >= 4 is 33.9 Å². The third kappa shape index (κ3) is 4.14. The van der Waals surface area contributed by atoms with Crippen LogP contribution in [-0.4, -0.2) is 23.9 Å². The zero-order valence-corrected chi connectivity index (χ0v) is 16.2. The monoisotopic (exact) mass is 414 g/mol. The van der Waals surface area contributed by atoms with Crippen LogP contribution in [0.5, 0.6) is 0 Å². The topological polar surface area (TPSA) is 98.5 Å². The third-order valence-electron chi connectivity index (χ3n) is 4.15. The van der Waals surface area contributed by atoms with Gasteiger partial charge < -0.3 is 10.1 Å². The van der Waals surface area contributed by atoms with E-state index < -0.39 is 22.6 Å². The van der Waals surface area contributed by atoms with Crippen molar-refractivity contribution in [2.45, 2.75) is 6.92 Å². The summed E-state index contributed by atoms with van der Waals surface area (Å²) in [7, 11) is 1.22. The van der Waals surface area contributed by atoms with Gasteiger partial charge in [-0.25, -0.2) is 9.18 Å². The van der Waals surface area contributed by atoms with Crippen molar-refractivity contribution in [3.05, 3.63) is 80.5 Å². The minimum absolute atomic E-state index is 0.0735. The molecular formula is C20H15FN2O5S. The fourth-order valence-corrected chi connectivity index (χ4v) is 3.89. The van der Waals surface area contributed by atoms with E-state index in [0.29, 0.717) is 16.0 Å². The highest BCUT2D eigenvalue weighted by molar-refractivity contribution is 7.17. The summed E-state index contributed by atoms with van der Waals surface area (Å²) in [4.78, 5) is 36.1. The van der Waals surface area contributed by atoms with Crippen LogP contribution in [-0.2, 0) is 4.74 Å². The average Bonchev–Trinajstić information content (AvgIpc) is 3.03. The molecule has 0 bridgehead atoms. The van der Waals surface area contributed by atoms with E-state index in [-0.39, 0.29) is 21.8 Å². The molecule has 0 aliphatic carbocycles. The van der Waals surface area contributed by atoms with E-state index in [4.69, 9.17) is 4.74 Å². The maximum Gasteiger partial charge on any atom is 0.341 e. The summed E-state index contributed by atoms with van der Waals surface area (Å²) in [5, 5.41) is 13.8. The van der Waals surface area contributed by atoms with Crippen LogP contribution in [0.2, 0.25) is 0 Å². The highest BCUT2D eigenvalue weighted by atomic mass is 32.1. The number of methoxy groups -OCH3 is 1. The number of carbonyl (C=O) groups excluding carboxylic acids is 2. The molecule has 1 amide bonds. The minimum Gasteiger partial charge on any atom is -0.465 e. The number of aryl methyl sites for hydroxylation is 1. The Hall–Kier alpha value is -3.59. The lowest BCUT2D eigenvalue weighted by Gasteiger charge is -2.08. The quantitative estimate of drug-likeness (QED) is 0.367. The highest BCUT2D eigenvalue weighted by Gasteiger charge is 2.25. The summed E-state index contributed by atoms with van der Waals surface area (Å²) in [6.07, 6.45) is 0. The lowest BCUT2D eigenvalue weighted by atomic mass is 10.0. The predicted molar refractivity (Wildman–Crippen MR) is 107 cm³/mol. The number of nitrogens with zero attached hydrogens (tertiary/aromatic N) is 1. The van der Waals surface area contributed by atoms with Crippen molar-refractivity contribution in [2.75, 3.05) is 12.4 Å². The molecule has 0 atom stereocenters. The van der Waals surface area contributed by atoms with Crippen molar-refractivity contribution in [3.63, 3.8) is 0 Å². The summed E-state index contributed by atoms with van der Waals surface area (Å²) in [6.45, 7) is 1.76. The van der Waals surface area contributed by atoms with Crippen LogP contribution in [0, 0.1) is 22.9 Å². The Morgan fingerprint density at radius 1 is 1.17 bits per heavy atom. The van der Waals surface area contributed by atoms with Crippen molar-refractivity contribution in [2.24, 2.45) is 0 Å². The SMILES string of the molecule is COC(=O)c1c(NC(=O)c2cccc([N+](=O)[O-])c2)sc(C)c1-c1ccc(F)cc1. The number of nitrogens with one attached hydrogen (secondary N) is 1. The van der Waals surface area contributed by atoms with E-state index in [2.05, 4.69) is 5.32 Å². The lowest BCUT2D eigenvalue weighted by Crippen LogP contribution is -2.14. The second-order valence-electron chi connectivity index (χ2n) is 6.00. The van der Waals surface area contributed by atoms with Gasteiger partial charge in [0.05, 0.1) is 12.0 Å². The summed E-state index contributed by atoms with van der Waals surface area (Å²) < 4.78 is 18.2. The summed E-state index contributed by atoms with van der Waals surface area (Å²) in [6, 6.07) is 10.9. The van der Waals surface area contributed by atoms with Gasteiger partial charge in [-0.3, -0.25) is 14.9 Å². The van der Waals surface area contributed by atoms with E-state index in [9.17, 15) is 24.1 Å². The first kappa shape index (κ1) is 20.2. The number of esters is 1. The molecule has 29 heavy (non-hydrogen) atoms. The molecule has 0 saturated heterocycles. The molecular weight excluding hydrogens is 399 g/mol. The van der Waals surface area contributed by atoms with Crippen LogP contribution in [0.15, 0.2) is 48.5 Å². The van der Waals surface area contributed by atoms with Crippen molar-refractivity contribution in [1.29, 1.82) is 0 Å². The molecule has 3 aromatic rings. The first-order chi connectivity index (χ1) is 13.8. The fraction of sp³-hybridized carbons (Fsp3) is 0.100. The van der Waals surface area contributed by atoms with Gasteiger partial charge in [-0.2, -0.15) is 0 Å². The molecule has 3 rings (SSSR count). The van der Waals surface area contributed by atoms with Crippen LogP contribution in [0.1, 0.15) is 25.6 Å². The van der Waals surface area contributed by atoms with Gasteiger partial charge in [0.25, 0.3) is 11.6 Å². The number of carbonyl (C=O) groups is 2. The molecule has 1 N–H and O–H groups in total. The molecule has 0 unspecified atom stereocenters. The van der Waals surface area contributed by atoms with E-state index in [1.165, 1.54) is 49.6 Å². The van der Waals surface area contributed by atoms with Gasteiger partial charge in [0, 0.05) is 28.1 Å². The Morgan fingerprint density at radius 3 is 2.48 bits per heavy atom. The Bertz CT molecular complexity index is 1110. The van der Waals surface area contributed by atoms with E-state index >= 15 is 0 Å². The number of nitro benzene ring substituents is 1. The van der Waals surface area contributed by atoms with Crippen molar-refractivity contribution in [1.82, 2.24) is 0 Å².